The largest absolute Gasteiger partial charge is 0.481 e. The molecule has 0 spiro atoms. The molecule has 1 atom stereocenters. The highest BCUT2D eigenvalue weighted by atomic mass is 32.1. The summed E-state index contributed by atoms with van der Waals surface area (Å²) >= 11 is 1.63. The molecule has 3 rings (SSSR count). The number of aromatic nitrogens is 2. The monoisotopic (exact) mass is 319 g/mol. The van der Waals surface area contributed by atoms with Gasteiger partial charge in [0.05, 0.1) is 30.8 Å². The Labute approximate surface area is 134 Å². The van der Waals surface area contributed by atoms with Crippen molar-refractivity contribution in [3.8, 4) is 5.88 Å². The number of methoxy groups -OCH3 is 1. The van der Waals surface area contributed by atoms with Gasteiger partial charge in [-0.25, -0.2) is 4.68 Å². The molecule has 0 aliphatic carbocycles. The molecule has 1 unspecified atom stereocenters. The molecular formula is C16H21N3O2S. The van der Waals surface area contributed by atoms with Crippen molar-refractivity contribution < 1.29 is 9.53 Å². The van der Waals surface area contributed by atoms with Crippen LogP contribution in [-0.2, 0) is 18.3 Å². The first-order valence-corrected chi connectivity index (χ1v) is 8.39. The Morgan fingerprint density at radius 1 is 1.55 bits per heavy atom. The van der Waals surface area contributed by atoms with E-state index in [-0.39, 0.29) is 11.9 Å². The number of hydrogen-bond donors (Lipinski definition) is 0. The van der Waals surface area contributed by atoms with E-state index in [1.54, 1.807) is 23.1 Å². The lowest BCUT2D eigenvalue weighted by atomic mass is 10.0. The predicted octanol–water partition coefficient (Wildman–Crippen LogP) is 2.70. The molecular weight excluding hydrogens is 298 g/mol. The standard InChI is InChI=1S/C16H21N3O2S/c1-11-15(16(21-3)18(2)17-11)13-7-4-8-19(13)14(20)10-12-6-5-9-22-12/h5-6,9,13H,4,7-8,10H2,1-3H3. The van der Waals surface area contributed by atoms with Gasteiger partial charge in [-0.1, -0.05) is 6.07 Å². The second kappa shape index (κ2) is 6.12. The second-order valence-electron chi connectivity index (χ2n) is 5.63. The van der Waals surface area contributed by atoms with E-state index in [9.17, 15) is 4.79 Å². The molecule has 1 aliphatic heterocycles. The molecule has 2 aromatic heterocycles. The van der Waals surface area contributed by atoms with Crippen LogP contribution in [0.3, 0.4) is 0 Å². The normalized spacial score (nSPS) is 18.0. The zero-order valence-corrected chi connectivity index (χ0v) is 14.0. The number of hydrogen-bond acceptors (Lipinski definition) is 4. The van der Waals surface area contributed by atoms with Gasteiger partial charge < -0.3 is 9.64 Å². The molecule has 3 heterocycles. The van der Waals surface area contributed by atoms with E-state index in [1.165, 1.54) is 0 Å². The van der Waals surface area contributed by atoms with Gasteiger partial charge in [0.1, 0.15) is 0 Å². The van der Waals surface area contributed by atoms with Crippen molar-refractivity contribution >= 4 is 17.2 Å². The van der Waals surface area contributed by atoms with Crippen LogP contribution in [0.4, 0.5) is 0 Å². The lowest BCUT2D eigenvalue weighted by Crippen LogP contribution is -2.32. The van der Waals surface area contributed by atoms with Crippen molar-refractivity contribution in [2.24, 2.45) is 7.05 Å². The first-order valence-electron chi connectivity index (χ1n) is 7.51. The Hall–Kier alpha value is -1.82. The van der Waals surface area contributed by atoms with E-state index >= 15 is 0 Å². The number of aryl methyl sites for hydroxylation is 2. The summed E-state index contributed by atoms with van der Waals surface area (Å²) in [6.07, 6.45) is 2.48. The Kier molecular flexibility index (Phi) is 4.20. The van der Waals surface area contributed by atoms with Crippen LogP contribution in [0, 0.1) is 6.92 Å². The first-order chi connectivity index (χ1) is 10.6. The summed E-state index contributed by atoms with van der Waals surface area (Å²) in [4.78, 5) is 15.8. The van der Waals surface area contributed by atoms with E-state index in [1.807, 2.05) is 36.4 Å². The third-order valence-electron chi connectivity index (χ3n) is 4.22. The molecule has 0 bridgehead atoms. The fraction of sp³-hybridized carbons (Fsp3) is 0.500. The van der Waals surface area contributed by atoms with Crippen molar-refractivity contribution in [1.82, 2.24) is 14.7 Å². The highest BCUT2D eigenvalue weighted by Gasteiger charge is 2.34. The number of ether oxygens (including phenoxy) is 1. The second-order valence-corrected chi connectivity index (χ2v) is 6.67. The molecule has 0 saturated carbocycles. The van der Waals surface area contributed by atoms with Crippen LogP contribution in [0.25, 0.3) is 0 Å². The molecule has 1 fully saturated rings. The minimum absolute atomic E-state index is 0.0797. The molecule has 1 amide bonds. The molecule has 6 heteroatoms. The van der Waals surface area contributed by atoms with Gasteiger partial charge in [0, 0.05) is 18.5 Å². The lowest BCUT2D eigenvalue weighted by molar-refractivity contribution is -0.131. The maximum Gasteiger partial charge on any atom is 0.228 e. The van der Waals surface area contributed by atoms with Crippen molar-refractivity contribution in [1.29, 1.82) is 0 Å². The van der Waals surface area contributed by atoms with Crippen molar-refractivity contribution in [3.05, 3.63) is 33.6 Å². The van der Waals surface area contributed by atoms with Gasteiger partial charge in [0.2, 0.25) is 11.8 Å². The molecule has 22 heavy (non-hydrogen) atoms. The van der Waals surface area contributed by atoms with Gasteiger partial charge in [0.25, 0.3) is 0 Å². The van der Waals surface area contributed by atoms with Crippen molar-refractivity contribution in [3.63, 3.8) is 0 Å². The van der Waals surface area contributed by atoms with Gasteiger partial charge in [0.15, 0.2) is 0 Å². The Bertz CT molecular complexity index is 663. The maximum atomic E-state index is 12.7. The van der Waals surface area contributed by atoms with E-state index in [2.05, 4.69) is 5.10 Å². The molecule has 2 aromatic rings. The first kappa shape index (κ1) is 15.1. The minimum atomic E-state index is 0.0797. The maximum absolute atomic E-state index is 12.7. The Morgan fingerprint density at radius 3 is 3.05 bits per heavy atom. The predicted molar refractivity (Wildman–Crippen MR) is 86.2 cm³/mol. The molecule has 1 saturated heterocycles. The SMILES string of the molecule is COc1c(C2CCCN2C(=O)Cc2cccs2)c(C)nn1C. The highest BCUT2D eigenvalue weighted by molar-refractivity contribution is 7.10. The molecule has 1 aliphatic rings. The van der Waals surface area contributed by atoms with Crippen LogP contribution in [0.1, 0.15) is 35.0 Å². The summed E-state index contributed by atoms with van der Waals surface area (Å²) in [6, 6.07) is 4.09. The smallest absolute Gasteiger partial charge is 0.228 e. The van der Waals surface area contributed by atoms with Crippen molar-refractivity contribution in [2.45, 2.75) is 32.2 Å². The summed E-state index contributed by atoms with van der Waals surface area (Å²) in [5.74, 6) is 0.952. The van der Waals surface area contributed by atoms with Crippen LogP contribution in [0.2, 0.25) is 0 Å². The van der Waals surface area contributed by atoms with Gasteiger partial charge in [-0.3, -0.25) is 4.79 Å². The van der Waals surface area contributed by atoms with Crippen LogP contribution >= 0.6 is 11.3 Å². The Balaban J connectivity index is 1.86. The van der Waals surface area contributed by atoms with Gasteiger partial charge in [-0.05, 0) is 31.2 Å². The Morgan fingerprint density at radius 2 is 2.36 bits per heavy atom. The molecule has 0 aromatic carbocycles. The summed E-state index contributed by atoms with van der Waals surface area (Å²) in [6.45, 7) is 2.80. The van der Waals surface area contributed by atoms with Gasteiger partial charge >= 0.3 is 0 Å². The lowest BCUT2D eigenvalue weighted by Gasteiger charge is -2.25. The zero-order chi connectivity index (χ0) is 15.7. The number of thiophene rings is 1. The third kappa shape index (κ3) is 2.63. The van der Waals surface area contributed by atoms with Crippen LogP contribution in [-0.4, -0.2) is 34.2 Å². The highest BCUT2D eigenvalue weighted by Crippen LogP contribution is 2.39. The summed E-state index contributed by atoms with van der Waals surface area (Å²) < 4.78 is 7.26. The van der Waals surface area contributed by atoms with E-state index < -0.39 is 0 Å². The number of carbonyl (C=O) groups is 1. The number of carbonyl (C=O) groups excluding carboxylic acids is 1. The van der Waals surface area contributed by atoms with Crippen LogP contribution < -0.4 is 4.74 Å². The molecule has 0 radical (unpaired) electrons. The van der Waals surface area contributed by atoms with Crippen LogP contribution in [0.15, 0.2) is 17.5 Å². The molecule has 5 nitrogen and oxygen atoms in total. The van der Waals surface area contributed by atoms with E-state index in [4.69, 9.17) is 4.74 Å². The summed E-state index contributed by atoms with van der Waals surface area (Å²) in [5.41, 5.74) is 2.00. The van der Waals surface area contributed by atoms with Crippen molar-refractivity contribution in [2.75, 3.05) is 13.7 Å². The fourth-order valence-corrected chi connectivity index (χ4v) is 4.00. The number of rotatable bonds is 4. The summed E-state index contributed by atoms with van der Waals surface area (Å²) in [5, 5.41) is 6.46. The number of nitrogens with zero attached hydrogens (tertiary/aromatic N) is 3. The van der Waals surface area contributed by atoms with Gasteiger partial charge in [-0.2, -0.15) is 5.10 Å². The summed E-state index contributed by atoms with van der Waals surface area (Å²) in [7, 11) is 3.54. The van der Waals surface area contributed by atoms with E-state index in [0.29, 0.717) is 6.42 Å². The van der Waals surface area contributed by atoms with Gasteiger partial charge in [-0.15, -0.1) is 11.3 Å². The number of amides is 1. The number of likely N-dealkylation sites (tertiary alicyclic amines) is 1. The zero-order valence-electron chi connectivity index (χ0n) is 13.2. The molecule has 118 valence electrons. The molecule has 0 N–H and O–H groups in total. The topological polar surface area (TPSA) is 47.4 Å². The average Bonchev–Trinajstić information content (AvgIpc) is 3.18. The average molecular weight is 319 g/mol. The quantitative estimate of drug-likeness (QED) is 0.870. The van der Waals surface area contributed by atoms with Crippen LogP contribution in [0.5, 0.6) is 5.88 Å². The van der Waals surface area contributed by atoms with E-state index in [0.717, 1.165) is 41.4 Å². The fourth-order valence-electron chi connectivity index (χ4n) is 3.31. The third-order valence-corrected chi connectivity index (χ3v) is 5.10. The minimum Gasteiger partial charge on any atom is -0.481 e.